The molecular weight excluding hydrogens is 1420 g/mol. The summed E-state index contributed by atoms with van der Waals surface area (Å²) < 4.78 is 107. The third kappa shape index (κ3) is 25.8. The fourth-order valence-electron chi connectivity index (χ4n) is 12.1. The molecule has 8 bridgehead atoms. The van der Waals surface area contributed by atoms with Crippen molar-refractivity contribution in [2.45, 2.75) is 18.9 Å². The molecule has 110 heavy (non-hydrogen) atoms. The van der Waals surface area contributed by atoms with Crippen molar-refractivity contribution >= 4 is 58.3 Å². The van der Waals surface area contributed by atoms with E-state index in [1.165, 1.54) is 0 Å². The van der Waals surface area contributed by atoms with Crippen LogP contribution in [0.15, 0.2) is 121 Å². The van der Waals surface area contributed by atoms with Gasteiger partial charge in [-0.3, -0.25) is 9.59 Å². The largest absolute Gasteiger partial charge is 0.491 e. The molecule has 7 aromatic rings. The number of nitrogens with one attached hydrogen (secondary N) is 2. The van der Waals surface area contributed by atoms with Gasteiger partial charge in [-0.15, -0.1) is 0 Å². The van der Waals surface area contributed by atoms with Crippen LogP contribution in [-0.4, -0.2) is 268 Å². The minimum atomic E-state index is -1.89. The third-order valence-electron chi connectivity index (χ3n) is 17.7. The maximum atomic E-state index is 12.1. The molecule has 27 nitrogen and oxygen atoms in total. The monoisotopic (exact) mass is 1520 g/mol. The topological polar surface area (TPSA) is 307 Å². The van der Waals surface area contributed by atoms with Crippen LogP contribution in [-0.2, 0) is 80.6 Å². The molecule has 0 unspecified atom stereocenters. The summed E-state index contributed by atoms with van der Waals surface area (Å²) in [5.41, 5.74) is 10.5. The lowest BCUT2D eigenvalue weighted by atomic mass is 9.66. The van der Waals surface area contributed by atoms with E-state index in [-0.39, 0.29) is 12.8 Å². The van der Waals surface area contributed by atoms with Crippen molar-refractivity contribution < 1.29 is 110 Å². The molecule has 1 saturated carbocycles. The maximum Gasteiger partial charge on any atom is 0.321 e. The van der Waals surface area contributed by atoms with E-state index in [1.54, 1.807) is 33.5 Å². The molecule has 0 atom stereocenters. The molecule has 1 aliphatic carbocycles. The van der Waals surface area contributed by atoms with E-state index >= 15 is 0 Å². The summed E-state index contributed by atoms with van der Waals surface area (Å²) in [6.45, 7) is 13.4. The maximum absolute atomic E-state index is 12.1. The van der Waals surface area contributed by atoms with Gasteiger partial charge >= 0.3 is 11.9 Å². The number of benzene rings is 4. The van der Waals surface area contributed by atoms with Gasteiger partial charge in [0.05, 0.1) is 201 Å². The molecule has 10 rings (SSSR count). The summed E-state index contributed by atoms with van der Waals surface area (Å²) in [6.07, 6.45) is 7.16. The standard InChI is InChI=1S/C83H102N4O23/c1-92-28-31-95-34-37-98-40-43-101-46-49-104-52-55-107-64-12-4-60(5-13-64)77-69-20-22-71(84-69)78(61-6-14-65(15-7-61)108-56-53-105-50-47-102-44-41-99-38-35-96-32-29-93-2)73-24-26-75(86-73)80(63-10-18-67(19-11-63)110-68-58-83(59-68,81(88)89)82(90)91)76-27-25-74(87-76)79(72-23-21-70(77)85-72)62-8-16-66(17-9-62)109-57-54-106-51-48-103-45-42-100-39-36-97-33-30-94-3/h4-27,68,84,87H,28-59H2,1-3H3,(H,88,89)(H,90,91). The van der Waals surface area contributed by atoms with Crippen molar-refractivity contribution in [1.29, 1.82) is 0 Å². The molecule has 3 aliphatic rings. The molecule has 0 saturated heterocycles. The summed E-state index contributed by atoms with van der Waals surface area (Å²) in [5, 5.41) is 19.6. The van der Waals surface area contributed by atoms with E-state index in [2.05, 4.69) is 22.1 Å². The van der Waals surface area contributed by atoms with Gasteiger partial charge in [-0.25, -0.2) is 9.97 Å². The van der Waals surface area contributed by atoms with Crippen molar-refractivity contribution in [1.82, 2.24) is 19.9 Å². The molecule has 0 amide bonds. The Balaban J connectivity index is 0.926. The molecule has 27 heteroatoms. The van der Waals surface area contributed by atoms with Crippen molar-refractivity contribution in [3.8, 4) is 67.5 Å². The highest BCUT2D eigenvalue weighted by molar-refractivity contribution is 6.01. The number of nitrogens with zero attached hydrogens (tertiary/aromatic N) is 2. The van der Waals surface area contributed by atoms with Gasteiger partial charge in [-0.05, 0) is 119 Å². The number of carboxylic acid groups (broad SMARTS) is 2. The normalized spacial score (nSPS) is 13.1. The van der Waals surface area contributed by atoms with Crippen LogP contribution in [0.2, 0.25) is 0 Å². The third-order valence-corrected chi connectivity index (χ3v) is 17.7. The van der Waals surface area contributed by atoms with Gasteiger partial charge in [0.25, 0.3) is 0 Å². The first-order chi connectivity index (χ1) is 54.1. The highest BCUT2D eigenvalue weighted by Gasteiger charge is 2.58. The summed E-state index contributed by atoms with van der Waals surface area (Å²) >= 11 is 0. The van der Waals surface area contributed by atoms with E-state index in [9.17, 15) is 19.8 Å². The van der Waals surface area contributed by atoms with Crippen LogP contribution in [0.5, 0.6) is 23.0 Å². The summed E-state index contributed by atoms with van der Waals surface area (Å²) in [4.78, 5) is 42.8. The van der Waals surface area contributed by atoms with Crippen LogP contribution in [0.25, 0.3) is 90.9 Å². The lowest BCUT2D eigenvalue weighted by Gasteiger charge is -2.40. The van der Waals surface area contributed by atoms with Crippen molar-refractivity contribution in [3.63, 3.8) is 0 Å². The predicted molar refractivity (Wildman–Crippen MR) is 414 cm³/mol. The van der Waals surface area contributed by atoms with Gasteiger partial charge in [0.1, 0.15) is 48.9 Å². The first-order valence-corrected chi connectivity index (χ1v) is 37.1. The van der Waals surface area contributed by atoms with Crippen LogP contribution < -0.4 is 18.9 Å². The zero-order chi connectivity index (χ0) is 76.6. The number of carboxylic acids is 2. The number of ether oxygens (including phenoxy) is 19. The molecular formula is C83H102N4O23. The average Bonchev–Trinajstić information content (AvgIpc) is 1.48. The van der Waals surface area contributed by atoms with Crippen LogP contribution in [0, 0.1) is 5.41 Å². The Morgan fingerprint density at radius 3 is 0.736 bits per heavy atom. The zero-order valence-electron chi connectivity index (χ0n) is 62.9. The minimum absolute atomic E-state index is 0.161. The van der Waals surface area contributed by atoms with E-state index in [0.717, 1.165) is 66.6 Å². The number of hydrogen-bond acceptors (Lipinski definition) is 23. The van der Waals surface area contributed by atoms with Crippen LogP contribution in [0.4, 0.5) is 0 Å². The number of aliphatic carboxylic acids is 2. The predicted octanol–water partition coefficient (Wildman–Crippen LogP) is 11.3. The van der Waals surface area contributed by atoms with Gasteiger partial charge in [0.15, 0.2) is 5.41 Å². The van der Waals surface area contributed by atoms with Crippen LogP contribution in [0.1, 0.15) is 35.6 Å². The fraction of sp³-hybridized carbons (Fsp3) is 0.446. The highest BCUT2D eigenvalue weighted by Crippen LogP contribution is 2.45. The second-order valence-corrected chi connectivity index (χ2v) is 25.3. The lowest BCUT2D eigenvalue weighted by molar-refractivity contribution is -0.178. The number of hydrogen-bond donors (Lipinski definition) is 4. The Labute approximate surface area is 640 Å². The number of methoxy groups -OCH3 is 3. The molecule has 592 valence electrons. The molecule has 0 radical (unpaired) electrons. The zero-order valence-corrected chi connectivity index (χ0v) is 62.9. The number of carbonyl (C=O) groups is 2. The minimum Gasteiger partial charge on any atom is -0.491 e. The Kier molecular flexibility index (Phi) is 35.4. The van der Waals surface area contributed by atoms with E-state index in [1.807, 2.05) is 121 Å². The number of H-pyrrole nitrogens is 2. The Morgan fingerprint density at radius 1 is 0.309 bits per heavy atom. The van der Waals surface area contributed by atoms with E-state index in [0.29, 0.717) is 244 Å². The number of aromatic nitrogens is 4. The quantitative estimate of drug-likeness (QED) is 0.0203. The van der Waals surface area contributed by atoms with Crippen LogP contribution in [0.3, 0.4) is 0 Å². The molecule has 4 aromatic carbocycles. The molecule has 2 aliphatic heterocycles. The number of fused-ring (bicyclic) bond motifs is 8. The Bertz CT molecular complexity index is 4030. The van der Waals surface area contributed by atoms with Gasteiger partial charge in [0, 0.05) is 78.5 Å². The van der Waals surface area contributed by atoms with Crippen molar-refractivity contribution in [3.05, 3.63) is 144 Å². The highest BCUT2D eigenvalue weighted by atomic mass is 16.6. The van der Waals surface area contributed by atoms with E-state index in [4.69, 9.17) is 100.0 Å². The summed E-state index contributed by atoms with van der Waals surface area (Å²) in [6, 6.07) is 39.4. The molecule has 1 fully saturated rings. The van der Waals surface area contributed by atoms with Gasteiger partial charge in [-0.1, -0.05) is 48.5 Å². The van der Waals surface area contributed by atoms with Gasteiger partial charge < -0.3 is 110 Å². The molecule has 0 spiro atoms. The average molecular weight is 1520 g/mol. The summed E-state index contributed by atoms with van der Waals surface area (Å²) in [7, 11) is 4.91. The lowest BCUT2D eigenvalue weighted by Crippen LogP contribution is -2.54. The van der Waals surface area contributed by atoms with E-state index < -0.39 is 23.5 Å². The fourth-order valence-corrected chi connectivity index (χ4v) is 12.1. The second kappa shape index (κ2) is 46.6. The SMILES string of the molecule is COCCOCCOCCOCCOCCOc1ccc(-c2c3nc(c(-c4ccc(OCCOCCOCCOCCOCCOC)cc4)c4ccc([nH]4)c(-c4ccc(OC5CC(C(=O)O)(C(=O)O)C5)cc4)c4nc(c(-c5ccc(OCCOCCOCCOCCOCCOC)cc5)c5ccc2[nH]5)C=C4)C=C3)cc1. The molecule has 4 N–H and O–H groups in total. The molecule has 3 aromatic heterocycles. The Hall–Kier alpha value is -8.98. The van der Waals surface area contributed by atoms with Crippen LogP contribution >= 0.6 is 0 Å². The van der Waals surface area contributed by atoms with Crippen molar-refractivity contribution in [2.75, 3.05) is 220 Å². The first-order valence-electron chi connectivity index (χ1n) is 37.1. The number of aromatic amines is 2. The first kappa shape index (κ1) is 83.5. The Morgan fingerprint density at radius 2 is 0.518 bits per heavy atom. The summed E-state index contributed by atoms with van der Waals surface area (Å²) in [5.74, 6) is -0.326. The van der Waals surface area contributed by atoms with Gasteiger partial charge in [-0.2, -0.15) is 0 Å². The molecule has 5 heterocycles. The van der Waals surface area contributed by atoms with Crippen molar-refractivity contribution in [2.24, 2.45) is 5.41 Å². The number of rotatable bonds is 56. The van der Waals surface area contributed by atoms with Gasteiger partial charge in [0.2, 0.25) is 0 Å². The smallest absolute Gasteiger partial charge is 0.321 e. The second-order valence-electron chi connectivity index (χ2n) is 25.3.